The molecule has 0 heterocycles. The molecule has 0 fully saturated rings. The van der Waals surface area contributed by atoms with E-state index in [9.17, 15) is 9.90 Å². The van der Waals surface area contributed by atoms with Gasteiger partial charge in [-0.05, 0) is 42.5 Å². The fraction of sp³-hybridized carbons (Fsp3) is 0.421. The van der Waals surface area contributed by atoms with E-state index in [4.69, 9.17) is 0 Å². The van der Waals surface area contributed by atoms with E-state index in [2.05, 4.69) is 28.8 Å². The molecule has 0 aliphatic rings. The lowest BCUT2D eigenvalue weighted by Crippen LogP contribution is -2.39. The summed E-state index contributed by atoms with van der Waals surface area (Å²) in [7, 11) is 0. The Bertz CT molecular complexity index is 649. The second kappa shape index (κ2) is 7.97. The Morgan fingerprint density at radius 2 is 1.78 bits per heavy atom. The van der Waals surface area contributed by atoms with Crippen LogP contribution in [0.3, 0.4) is 0 Å². The Morgan fingerprint density at radius 3 is 2.52 bits per heavy atom. The highest BCUT2D eigenvalue weighted by Gasteiger charge is 2.13. The molecular weight excluding hydrogens is 288 g/mol. The first-order valence-corrected chi connectivity index (χ1v) is 8.17. The smallest absolute Gasteiger partial charge is 0.315 e. The molecule has 2 amide bonds. The molecule has 2 rings (SSSR count). The second-order valence-corrected chi connectivity index (χ2v) is 6.33. The van der Waals surface area contributed by atoms with Crippen molar-refractivity contribution in [3.05, 3.63) is 48.0 Å². The molecule has 23 heavy (non-hydrogen) atoms. The number of nitrogens with one attached hydrogen (secondary N) is 2. The first kappa shape index (κ1) is 17.3. The van der Waals surface area contributed by atoms with Crippen molar-refractivity contribution in [3.63, 3.8) is 0 Å². The monoisotopic (exact) mass is 314 g/mol. The Kier molecular flexibility index (Phi) is 5.99. The third kappa shape index (κ3) is 4.96. The standard InChI is InChI=1S/C19H26N2O2/c1-13(11-14(2)22)12-20-19(23)21-15(3)17-10-6-8-16-7-4-5-9-18(16)17/h4-10,13-15,22H,11-12H2,1-3H3,(H2,20,21,23). The number of carbonyl (C=O) groups is 1. The van der Waals surface area contributed by atoms with Gasteiger partial charge in [0.2, 0.25) is 0 Å². The van der Waals surface area contributed by atoms with Crippen molar-refractivity contribution in [2.75, 3.05) is 6.54 Å². The average molecular weight is 314 g/mol. The van der Waals surface area contributed by atoms with Crippen LogP contribution in [-0.4, -0.2) is 23.8 Å². The van der Waals surface area contributed by atoms with Gasteiger partial charge < -0.3 is 15.7 Å². The van der Waals surface area contributed by atoms with Crippen LogP contribution >= 0.6 is 0 Å². The number of aliphatic hydroxyl groups excluding tert-OH is 1. The van der Waals surface area contributed by atoms with Gasteiger partial charge in [0.15, 0.2) is 0 Å². The van der Waals surface area contributed by atoms with Crippen LogP contribution in [0.2, 0.25) is 0 Å². The van der Waals surface area contributed by atoms with Crippen LogP contribution in [-0.2, 0) is 0 Å². The van der Waals surface area contributed by atoms with E-state index >= 15 is 0 Å². The van der Waals surface area contributed by atoms with Gasteiger partial charge in [0.05, 0.1) is 12.1 Å². The van der Waals surface area contributed by atoms with Crippen molar-refractivity contribution in [2.24, 2.45) is 5.92 Å². The molecule has 124 valence electrons. The number of hydrogen-bond donors (Lipinski definition) is 3. The maximum absolute atomic E-state index is 12.1. The summed E-state index contributed by atoms with van der Waals surface area (Å²) in [5.74, 6) is 0.244. The summed E-state index contributed by atoms with van der Waals surface area (Å²) in [4.78, 5) is 12.1. The molecule has 4 heteroatoms. The van der Waals surface area contributed by atoms with E-state index in [0.29, 0.717) is 13.0 Å². The normalized spacial score (nSPS) is 15.0. The zero-order valence-corrected chi connectivity index (χ0v) is 14.0. The van der Waals surface area contributed by atoms with Crippen LogP contribution in [0.1, 0.15) is 38.8 Å². The molecule has 2 aromatic carbocycles. The highest BCUT2D eigenvalue weighted by Crippen LogP contribution is 2.23. The largest absolute Gasteiger partial charge is 0.393 e. The van der Waals surface area contributed by atoms with Crippen molar-refractivity contribution in [1.29, 1.82) is 0 Å². The number of benzene rings is 2. The third-order valence-electron chi connectivity index (χ3n) is 3.99. The predicted molar refractivity (Wildman–Crippen MR) is 94.4 cm³/mol. The van der Waals surface area contributed by atoms with Crippen LogP contribution in [0, 0.1) is 5.92 Å². The fourth-order valence-electron chi connectivity index (χ4n) is 2.89. The molecule has 3 atom stereocenters. The highest BCUT2D eigenvalue weighted by molar-refractivity contribution is 5.86. The first-order chi connectivity index (χ1) is 11.0. The van der Waals surface area contributed by atoms with Crippen molar-refractivity contribution >= 4 is 16.8 Å². The number of aliphatic hydroxyl groups is 1. The lowest BCUT2D eigenvalue weighted by molar-refractivity contribution is 0.163. The summed E-state index contributed by atoms with van der Waals surface area (Å²) in [5.41, 5.74) is 1.11. The highest BCUT2D eigenvalue weighted by atomic mass is 16.3. The fourth-order valence-corrected chi connectivity index (χ4v) is 2.89. The number of carbonyl (C=O) groups excluding carboxylic acids is 1. The number of urea groups is 1. The van der Waals surface area contributed by atoms with E-state index < -0.39 is 0 Å². The van der Waals surface area contributed by atoms with E-state index in [-0.39, 0.29) is 24.1 Å². The van der Waals surface area contributed by atoms with Gasteiger partial charge in [-0.2, -0.15) is 0 Å². The zero-order chi connectivity index (χ0) is 16.8. The predicted octanol–water partition coefficient (Wildman–Crippen LogP) is 3.61. The summed E-state index contributed by atoms with van der Waals surface area (Å²) >= 11 is 0. The van der Waals surface area contributed by atoms with Crippen molar-refractivity contribution in [1.82, 2.24) is 10.6 Å². The molecule has 0 saturated carbocycles. The van der Waals surface area contributed by atoms with Crippen LogP contribution in [0.5, 0.6) is 0 Å². The van der Waals surface area contributed by atoms with Crippen molar-refractivity contribution in [3.8, 4) is 0 Å². The average Bonchev–Trinajstić information content (AvgIpc) is 2.51. The molecular formula is C19H26N2O2. The summed E-state index contributed by atoms with van der Waals surface area (Å²) < 4.78 is 0. The molecule has 0 bridgehead atoms. The van der Waals surface area contributed by atoms with Crippen LogP contribution in [0.4, 0.5) is 4.79 Å². The summed E-state index contributed by atoms with van der Waals surface area (Å²) in [6.45, 7) is 6.32. The minimum Gasteiger partial charge on any atom is -0.393 e. The number of rotatable bonds is 6. The number of fused-ring (bicyclic) bond motifs is 1. The summed E-state index contributed by atoms with van der Waals surface area (Å²) in [6.07, 6.45) is 0.337. The van der Waals surface area contributed by atoms with E-state index in [1.807, 2.05) is 38.1 Å². The van der Waals surface area contributed by atoms with E-state index in [0.717, 1.165) is 10.9 Å². The topological polar surface area (TPSA) is 61.4 Å². The van der Waals surface area contributed by atoms with Gasteiger partial charge in [-0.3, -0.25) is 0 Å². The Morgan fingerprint density at radius 1 is 1.09 bits per heavy atom. The molecule has 0 spiro atoms. The van der Waals surface area contributed by atoms with Gasteiger partial charge in [0.25, 0.3) is 0 Å². The Hall–Kier alpha value is -2.07. The minimum atomic E-state index is -0.343. The second-order valence-electron chi connectivity index (χ2n) is 6.33. The van der Waals surface area contributed by atoms with Crippen molar-refractivity contribution in [2.45, 2.75) is 39.3 Å². The Balaban J connectivity index is 1.95. The minimum absolute atomic E-state index is 0.0758. The molecule has 0 aliphatic heterocycles. The van der Waals surface area contributed by atoms with Crippen LogP contribution in [0.15, 0.2) is 42.5 Å². The molecule has 3 unspecified atom stereocenters. The van der Waals surface area contributed by atoms with Gasteiger partial charge in [-0.1, -0.05) is 49.4 Å². The van der Waals surface area contributed by atoms with Gasteiger partial charge in [-0.25, -0.2) is 4.79 Å². The van der Waals surface area contributed by atoms with Gasteiger partial charge in [0, 0.05) is 6.54 Å². The molecule has 0 aromatic heterocycles. The van der Waals surface area contributed by atoms with Gasteiger partial charge in [-0.15, -0.1) is 0 Å². The lowest BCUT2D eigenvalue weighted by atomic mass is 10.00. The summed E-state index contributed by atoms with van der Waals surface area (Å²) in [6, 6.07) is 14.0. The molecule has 4 nitrogen and oxygen atoms in total. The maximum atomic E-state index is 12.1. The van der Waals surface area contributed by atoms with Crippen LogP contribution in [0.25, 0.3) is 10.8 Å². The SMILES string of the molecule is CC(O)CC(C)CNC(=O)NC(C)c1cccc2ccccc12. The molecule has 2 aromatic rings. The molecule has 0 aliphatic carbocycles. The quantitative estimate of drug-likeness (QED) is 0.763. The molecule has 3 N–H and O–H groups in total. The number of hydrogen-bond acceptors (Lipinski definition) is 2. The molecule has 0 radical (unpaired) electrons. The van der Waals surface area contributed by atoms with E-state index in [1.54, 1.807) is 6.92 Å². The third-order valence-corrected chi connectivity index (χ3v) is 3.99. The molecule has 0 saturated heterocycles. The first-order valence-electron chi connectivity index (χ1n) is 8.17. The zero-order valence-electron chi connectivity index (χ0n) is 14.0. The van der Waals surface area contributed by atoms with Crippen molar-refractivity contribution < 1.29 is 9.90 Å². The lowest BCUT2D eigenvalue weighted by Gasteiger charge is -2.19. The Labute approximate surface area is 137 Å². The van der Waals surface area contributed by atoms with E-state index in [1.165, 1.54) is 5.39 Å². The maximum Gasteiger partial charge on any atom is 0.315 e. The van der Waals surface area contributed by atoms with Gasteiger partial charge in [0.1, 0.15) is 0 Å². The summed E-state index contributed by atoms with van der Waals surface area (Å²) in [5, 5.41) is 17.5. The number of amides is 2. The van der Waals surface area contributed by atoms with Crippen LogP contribution < -0.4 is 10.6 Å². The van der Waals surface area contributed by atoms with Gasteiger partial charge >= 0.3 is 6.03 Å².